The van der Waals surface area contributed by atoms with Crippen LogP contribution in [0.4, 0.5) is 0 Å². The van der Waals surface area contributed by atoms with Crippen LogP contribution in [0.15, 0.2) is 29.8 Å². The first-order valence-corrected chi connectivity index (χ1v) is 5.40. The van der Waals surface area contributed by atoms with E-state index in [0.717, 1.165) is 6.54 Å². The van der Waals surface area contributed by atoms with E-state index in [1.54, 1.807) is 20.1 Å². The number of nitrogens with one attached hydrogen (secondary N) is 1. The van der Waals surface area contributed by atoms with Gasteiger partial charge >= 0.3 is 0 Å². The van der Waals surface area contributed by atoms with Gasteiger partial charge in [-0.3, -0.25) is 0 Å². The molecule has 5 heteroatoms. The number of methoxy groups -OCH3 is 1. The van der Waals surface area contributed by atoms with Gasteiger partial charge in [0.2, 0.25) is 0 Å². The highest BCUT2D eigenvalue weighted by molar-refractivity contribution is 6.01. The maximum atomic E-state index is 7.58. The summed E-state index contributed by atoms with van der Waals surface area (Å²) in [7, 11) is 3.61. The quantitative estimate of drug-likeness (QED) is 0.400. The van der Waals surface area contributed by atoms with Gasteiger partial charge in [-0.1, -0.05) is 5.16 Å². The number of nitrogens with zero attached hydrogens (tertiary/aromatic N) is 2. The summed E-state index contributed by atoms with van der Waals surface area (Å²) < 4.78 is 5.14. The third kappa shape index (κ3) is 9.32. The van der Waals surface area contributed by atoms with E-state index in [9.17, 15) is 0 Å². The van der Waals surface area contributed by atoms with Gasteiger partial charge in [-0.15, -0.1) is 0 Å². The zero-order valence-corrected chi connectivity index (χ0v) is 10.9. The summed E-state index contributed by atoms with van der Waals surface area (Å²) in [5.41, 5.74) is 0.341. The molecule has 0 aliphatic carbocycles. The molecule has 0 saturated carbocycles. The average molecular weight is 239 g/mol. The lowest BCUT2D eigenvalue weighted by Crippen LogP contribution is -2.24. The SMILES string of the molecule is C/C=N/O/C=C/C(=N)/C=C/N(C)C[C@H](C)OC. The van der Waals surface area contributed by atoms with Crippen molar-refractivity contribution in [3.8, 4) is 0 Å². The van der Waals surface area contributed by atoms with Crippen LogP contribution in [0.3, 0.4) is 0 Å². The van der Waals surface area contributed by atoms with Crippen LogP contribution in [0, 0.1) is 5.41 Å². The van der Waals surface area contributed by atoms with E-state index in [1.165, 1.54) is 18.6 Å². The highest BCUT2D eigenvalue weighted by Crippen LogP contribution is 1.94. The Labute approximate surface area is 103 Å². The Bertz CT molecular complexity index is 298. The van der Waals surface area contributed by atoms with Crippen molar-refractivity contribution in [3.05, 3.63) is 24.6 Å². The van der Waals surface area contributed by atoms with Crippen LogP contribution in [-0.4, -0.2) is 43.6 Å². The Morgan fingerprint density at radius 3 is 2.76 bits per heavy atom. The molecule has 0 rings (SSSR count). The monoisotopic (exact) mass is 239 g/mol. The smallest absolute Gasteiger partial charge is 0.124 e. The Hall–Kier alpha value is -1.62. The highest BCUT2D eigenvalue weighted by atomic mass is 16.6. The van der Waals surface area contributed by atoms with Crippen LogP contribution in [0.5, 0.6) is 0 Å². The number of allylic oxidation sites excluding steroid dienone is 2. The van der Waals surface area contributed by atoms with Gasteiger partial charge in [-0.05, 0) is 19.9 Å². The largest absolute Gasteiger partial charge is 0.380 e. The number of rotatable bonds is 8. The molecule has 0 aliphatic heterocycles. The predicted molar refractivity (Wildman–Crippen MR) is 70.4 cm³/mol. The van der Waals surface area contributed by atoms with Crippen LogP contribution < -0.4 is 0 Å². The van der Waals surface area contributed by atoms with E-state index < -0.39 is 0 Å². The van der Waals surface area contributed by atoms with Crippen molar-refractivity contribution < 1.29 is 9.57 Å². The molecule has 0 saturated heterocycles. The molecular formula is C12H21N3O2. The summed E-state index contributed by atoms with van der Waals surface area (Å²) in [5, 5.41) is 11.1. The lowest BCUT2D eigenvalue weighted by Gasteiger charge is -2.18. The first-order chi connectivity index (χ1) is 8.10. The number of likely N-dealkylation sites (N-methyl/N-ethyl adjacent to an activating group) is 1. The van der Waals surface area contributed by atoms with Gasteiger partial charge in [-0.25, -0.2) is 0 Å². The van der Waals surface area contributed by atoms with E-state index >= 15 is 0 Å². The van der Waals surface area contributed by atoms with Crippen LogP contribution >= 0.6 is 0 Å². The molecule has 1 N–H and O–H groups in total. The summed E-state index contributed by atoms with van der Waals surface area (Å²) in [6.07, 6.45) is 8.09. The first kappa shape index (κ1) is 15.4. The molecule has 0 spiro atoms. The summed E-state index contributed by atoms with van der Waals surface area (Å²) in [5.74, 6) is 0. The zero-order chi connectivity index (χ0) is 13.1. The van der Waals surface area contributed by atoms with Gasteiger partial charge in [0, 0.05) is 39.2 Å². The molecule has 0 aromatic carbocycles. The number of oxime groups is 1. The molecular weight excluding hydrogens is 218 g/mol. The molecule has 0 aliphatic rings. The molecule has 5 nitrogen and oxygen atoms in total. The van der Waals surface area contributed by atoms with Crippen molar-refractivity contribution in [2.24, 2.45) is 5.16 Å². The minimum Gasteiger partial charge on any atom is -0.380 e. The van der Waals surface area contributed by atoms with Crippen molar-refractivity contribution in [1.82, 2.24) is 4.90 Å². The molecule has 0 fully saturated rings. The normalized spacial score (nSPS) is 13.6. The standard InChI is InChI=1S/C12H21N3O2/c1-5-14-17-9-7-12(13)6-8-15(3)10-11(2)16-4/h5-9,11,13H,10H2,1-4H3/b8-6+,9-7+,13-12?,14-5+/t11-/m0/s1. The summed E-state index contributed by atoms with van der Waals surface area (Å²) in [6.45, 7) is 4.53. The summed E-state index contributed by atoms with van der Waals surface area (Å²) in [6, 6.07) is 0. The van der Waals surface area contributed by atoms with Gasteiger partial charge in [0.1, 0.15) is 6.26 Å². The molecule has 0 bridgehead atoms. The number of ether oxygens (including phenoxy) is 1. The molecule has 96 valence electrons. The molecule has 0 aromatic heterocycles. The summed E-state index contributed by atoms with van der Waals surface area (Å²) in [4.78, 5) is 6.68. The van der Waals surface area contributed by atoms with Crippen molar-refractivity contribution in [2.45, 2.75) is 20.0 Å². The van der Waals surface area contributed by atoms with E-state index in [1.807, 2.05) is 25.1 Å². The Balaban J connectivity index is 3.97. The van der Waals surface area contributed by atoms with Crippen molar-refractivity contribution in [2.75, 3.05) is 20.7 Å². The van der Waals surface area contributed by atoms with Gasteiger partial charge in [0.25, 0.3) is 0 Å². The maximum absolute atomic E-state index is 7.58. The zero-order valence-electron chi connectivity index (χ0n) is 10.9. The van der Waals surface area contributed by atoms with Crippen molar-refractivity contribution in [3.63, 3.8) is 0 Å². The van der Waals surface area contributed by atoms with E-state index in [0.29, 0.717) is 5.71 Å². The Kier molecular flexibility index (Phi) is 8.68. The van der Waals surface area contributed by atoms with E-state index in [4.69, 9.17) is 15.0 Å². The third-order valence-electron chi connectivity index (χ3n) is 1.93. The first-order valence-electron chi connectivity index (χ1n) is 5.40. The number of hydrogen-bond donors (Lipinski definition) is 1. The van der Waals surface area contributed by atoms with Crippen molar-refractivity contribution in [1.29, 1.82) is 5.41 Å². The molecule has 0 unspecified atom stereocenters. The fourth-order valence-electron chi connectivity index (χ4n) is 1.00. The van der Waals surface area contributed by atoms with Crippen LogP contribution in [-0.2, 0) is 9.57 Å². The molecule has 0 heterocycles. The van der Waals surface area contributed by atoms with Gasteiger partial charge in [0.15, 0.2) is 0 Å². The van der Waals surface area contributed by atoms with Crippen LogP contribution in [0.1, 0.15) is 13.8 Å². The third-order valence-corrected chi connectivity index (χ3v) is 1.93. The molecule has 0 aromatic rings. The highest BCUT2D eigenvalue weighted by Gasteiger charge is 2.00. The van der Waals surface area contributed by atoms with Gasteiger partial charge in [-0.2, -0.15) is 0 Å². The fraction of sp³-hybridized carbons (Fsp3) is 0.500. The second-order valence-electron chi connectivity index (χ2n) is 3.53. The number of hydrogen-bond acceptors (Lipinski definition) is 5. The molecule has 0 amide bonds. The fourth-order valence-corrected chi connectivity index (χ4v) is 1.00. The van der Waals surface area contributed by atoms with E-state index in [2.05, 4.69) is 5.16 Å². The molecule has 17 heavy (non-hydrogen) atoms. The predicted octanol–water partition coefficient (Wildman–Crippen LogP) is 2.02. The lowest BCUT2D eigenvalue weighted by molar-refractivity contribution is 0.0976. The van der Waals surface area contributed by atoms with E-state index in [-0.39, 0.29) is 6.10 Å². The van der Waals surface area contributed by atoms with Crippen LogP contribution in [0.2, 0.25) is 0 Å². The lowest BCUT2D eigenvalue weighted by atomic mass is 10.3. The Morgan fingerprint density at radius 1 is 1.47 bits per heavy atom. The summed E-state index contributed by atoms with van der Waals surface area (Å²) >= 11 is 0. The van der Waals surface area contributed by atoms with Gasteiger partial charge < -0.3 is 19.9 Å². The average Bonchev–Trinajstić information content (AvgIpc) is 2.32. The second-order valence-corrected chi connectivity index (χ2v) is 3.53. The van der Waals surface area contributed by atoms with Crippen LogP contribution in [0.25, 0.3) is 0 Å². The van der Waals surface area contributed by atoms with Gasteiger partial charge in [0.05, 0.1) is 11.8 Å². The topological polar surface area (TPSA) is 57.9 Å². The minimum atomic E-state index is 0.164. The molecule has 0 radical (unpaired) electrons. The Morgan fingerprint density at radius 2 is 2.18 bits per heavy atom. The minimum absolute atomic E-state index is 0.164. The van der Waals surface area contributed by atoms with Crippen molar-refractivity contribution >= 4 is 11.9 Å². The maximum Gasteiger partial charge on any atom is 0.124 e. The second kappa shape index (κ2) is 9.59. The molecule has 1 atom stereocenters.